The Bertz CT molecular complexity index is 340. The Morgan fingerprint density at radius 2 is 2.07 bits per heavy atom. The van der Waals surface area contributed by atoms with Gasteiger partial charge in [-0.2, -0.15) is 5.26 Å². The average Bonchev–Trinajstić information content (AvgIpc) is 2.26. The van der Waals surface area contributed by atoms with E-state index in [-0.39, 0.29) is 6.04 Å². The first-order valence-corrected chi connectivity index (χ1v) is 4.81. The molecule has 1 aromatic rings. The largest absolute Gasteiger partial charge is 0.392 e. The van der Waals surface area contributed by atoms with Crippen molar-refractivity contribution in [2.75, 3.05) is 11.9 Å². The van der Waals surface area contributed by atoms with Gasteiger partial charge in [-0.1, -0.05) is 0 Å². The van der Waals surface area contributed by atoms with Crippen LogP contribution in [0.1, 0.15) is 12.5 Å². The number of nitrogens with zero attached hydrogens (tertiary/aromatic N) is 1. The van der Waals surface area contributed by atoms with E-state index in [4.69, 9.17) is 11.0 Å². The highest BCUT2D eigenvalue weighted by Crippen LogP contribution is 2.08. The molecule has 0 heterocycles. The first kappa shape index (κ1) is 11.5. The highest BCUT2D eigenvalue weighted by molar-refractivity contribution is 5.47. The van der Waals surface area contributed by atoms with Gasteiger partial charge in [0.15, 0.2) is 0 Å². The number of rotatable bonds is 4. The van der Waals surface area contributed by atoms with E-state index in [1.807, 2.05) is 18.2 Å². The van der Waals surface area contributed by atoms with Crippen LogP contribution in [0.25, 0.3) is 0 Å². The molecule has 2 unspecified atom stereocenters. The molecule has 0 radical (unpaired) electrons. The Morgan fingerprint density at radius 1 is 1.47 bits per heavy atom. The lowest BCUT2D eigenvalue weighted by molar-refractivity contribution is 0.168. The van der Waals surface area contributed by atoms with Crippen LogP contribution in [-0.2, 0) is 0 Å². The predicted molar refractivity (Wildman–Crippen MR) is 59.3 cm³/mol. The second-order valence-corrected chi connectivity index (χ2v) is 3.47. The molecule has 0 spiro atoms. The van der Waals surface area contributed by atoms with Crippen LogP contribution in [0.15, 0.2) is 24.3 Å². The maximum absolute atomic E-state index is 9.17. The molecular weight excluding hydrogens is 190 g/mol. The number of nitrogens with two attached hydrogens (primary N) is 1. The van der Waals surface area contributed by atoms with Gasteiger partial charge < -0.3 is 16.2 Å². The van der Waals surface area contributed by atoms with Gasteiger partial charge in [-0.3, -0.25) is 0 Å². The summed E-state index contributed by atoms with van der Waals surface area (Å²) in [5.41, 5.74) is 7.17. The third-order valence-electron chi connectivity index (χ3n) is 2.18. The zero-order chi connectivity index (χ0) is 11.3. The number of anilines is 1. The zero-order valence-corrected chi connectivity index (χ0v) is 8.64. The minimum Gasteiger partial charge on any atom is -0.392 e. The van der Waals surface area contributed by atoms with Crippen LogP contribution in [0.2, 0.25) is 0 Å². The molecule has 2 atom stereocenters. The highest BCUT2D eigenvalue weighted by atomic mass is 16.3. The molecule has 1 aromatic carbocycles. The molecule has 4 heteroatoms. The monoisotopic (exact) mass is 205 g/mol. The van der Waals surface area contributed by atoms with E-state index in [1.54, 1.807) is 19.1 Å². The summed E-state index contributed by atoms with van der Waals surface area (Å²) in [7, 11) is 0. The molecule has 80 valence electrons. The van der Waals surface area contributed by atoms with Crippen LogP contribution in [0.5, 0.6) is 0 Å². The van der Waals surface area contributed by atoms with E-state index < -0.39 is 6.10 Å². The molecule has 0 saturated carbocycles. The molecule has 4 nitrogen and oxygen atoms in total. The molecule has 0 aliphatic heterocycles. The maximum atomic E-state index is 9.17. The number of hydrogen-bond acceptors (Lipinski definition) is 4. The SMILES string of the molecule is CC(O)C(N)CNc1ccc(C#N)cc1. The Hall–Kier alpha value is -1.57. The van der Waals surface area contributed by atoms with Gasteiger partial charge in [-0.25, -0.2) is 0 Å². The minimum atomic E-state index is -0.532. The predicted octanol–water partition coefficient (Wildman–Crippen LogP) is 0.678. The molecule has 0 fully saturated rings. The van der Waals surface area contributed by atoms with Gasteiger partial charge in [-0.05, 0) is 31.2 Å². The summed E-state index contributed by atoms with van der Waals surface area (Å²) in [6, 6.07) is 8.84. The van der Waals surface area contributed by atoms with Crippen molar-refractivity contribution in [2.24, 2.45) is 5.73 Å². The molecule has 0 aliphatic carbocycles. The first-order chi connectivity index (χ1) is 7.13. The molecule has 0 amide bonds. The number of aliphatic hydroxyl groups is 1. The molecule has 0 bridgehead atoms. The third-order valence-corrected chi connectivity index (χ3v) is 2.18. The molecule has 0 aliphatic rings. The van der Waals surface area contributed by atoms with Crippen molar-refractivity contribution in [2.45, 2.75) is 19.1 Å². The van der Waals surface area contributed by atoms with Gasteiger partial charge >= 0.3 is 0 Å². The van der Waals surface area contributed by atoms with Crippen molar-refractivity contribution in [3.05, 3.63) is 29.8 Å². The Labute approximate surface area is 89.3 Å². The van der Waals surface area contributed by atoms with Gasteiger partial charge in [0.05, 0.1) is 17.7 Å². The van der Waals surface area contributed by atoms with Crippen molar-refractivity contribution in [3.8, 4) is 6.07 Å². The van der Waals surface area contributed by atoms with Gasteiger partial charge in [-0.15, -0.1) is 0 Å². The third kappa shape index (κ3) is 3.58. The Kier molecular flexibility index (Phi) is 4.10. The lowest BCUT2D eigenvalue weighted by atomic mass is 10.2. The summed E-state index contributed by atoms with van der Waals surface area (Å²) >= 11 is 0. The van der Waals surface area contributed by atoms with E-state index >= 15 is 0 Å². The topological polar surface area (TPSA) is 82.1 Å². The fourth-order valence-electron chi connectivity index (χ4n) is 1.07. The summed E-state index contributed by atoms with van der Waals surface area (Å²) in [6.45, 7) is 2.16. The lowest BCUT2D eigenvalue weighted by Gasteiger charge is -2.15. The van der Waals surface area contributed by atoms with Crippen molar-refractivity contribution >= 4 is 5.69 Å². The van der Waals surface area contributed by atoms with E-state index in [0.29, 0.717) is 12.1 Å². The van der Waals surface area contributed by atoms with Crippen molar-refractivity contribution in [3.63, 3.8) is 0 Å². The second-order valence-electron chi connectivity index (χ2n) is 3.47. The van der Waals surface area contributed by atoms with Crippen molar-refractivity contribution in [1.82, 2.24) is 0 Å². The lowest BCUT2D eigenvalue weighted by Crippen LogP contribution is -2.38. The summed E-state index contributed by atoms with van der Waals surface area (Å²) in [6.07, 6.45) is -0.532. The van der Waals surface area contributed by atoms with Crippen LogP contribution in [0, 0.1) is 11.3 Å². The van der Waals surface area contributed by atoms with E-state index in [1.165, 1.54) is 0 Å². The molecular formula is C11H15N3O. The van der Waals surface area contributed by atoms with Gasteiger partial charge in [0.1, 0.15) is 0 Å². The van der Waals surface area contributed by atoms with E-state index in [9.17, 15) is 5.11 Å². The van der Waals surface area contributed by atoms with Crippen LogP contribution in [0.4, 0.5) is 5.69 Å². The van der Waals surface area contributed by atoms with E-state index in [2.05, 4.69) is 5.32 Å². The second kappa shape index (κ2) is 5.35. The summed E-state index contributed by atoms with van der Waals surface area (Å²) in [5.74, 6) is 0. The molecule has 1 rings (SSSR count). The summed E-state index contributed by atoms with van der Waals surface area (Å²) in [4.78, 5) is 0. The number of nitrogens with one attached hydrogen (secondary N) is 1. The van der Waals surface area contributed by atoms with Crippen molar-refractivity contribution < 1.29 is 5.11 Å². The molecule has 4 N–H and O–H groups in total. The minimum absolute atomic E-state index is 0.291. The first-order valence-electron chi connectivity index (χ1n) is 4.81. The van der Waals surface area contributed by atoms with Gasteiger partial charge in [0.25, 0.3) is 0 Å². The molecule has 0 saturated heterocycles. The zero-order valence-electron chi connectivity index (χ0n) is 8.64. The quantitative estimate of drug-likeness (QED) is 0.675. The summed E-state index contributed by atoms with van der Waals surface area (Å²) < 4.78 is 0. The number of nitriles is 1. The van der Waals surface area contributed by atoms with Gasteiger partial charge in [0, 0.05) is 18.3 Å². The average molecular weight is 205 g/mol. The van der Waals surface area contributed by atoms with Crippen LogP contribution in [-0.4, -0.2) is 23.8 Å². The summed E-state index contributed by atoms with van der Waals surface area (Å²) in [5, 5.41) is 20.9. The van der Waals surface area contributed by atoms with Crippen molar-refractivity contribution in [1.29, 1.82) is 5.26 Å². The number of hydrogen-bond donors (Lipinski definition) is 3. The highest BCUT2D eigenvalue weighted by Gasteiger charge is 2.07. The maximum Gasteiger partial charge on any atom is 0.0991 e. The number of aliphatic hydroxyl groups excluding tert-OH is 1. The van der Waals surface area contributed by atoms with Crippen LogP contribution < -0.4 is 11.1 Å². The molecule has 0 aromatic heterocycles. The standard InChI is InChI=1S/C11H15N3O/c1-8(15)11(13)7-14-10-4-2-9(6-12)3-5-10/h2-5,8,11,14-15H,7,13H2,1H3. The Balaban J connectivity index is 2.48. The Morgan fingerprint density at radius 3 is 2.53 bits per heavy atom. The smallest absolute Gasteiger partial charge is 0.0991 e. The van der Waals surface area contributed by atoms with E-state index in [0.717, 1.165) is 5.69 Å². The normalized spacial score (nSPS) is 14.0. The number of benzene rings is 1. The van der Waals surface area contributed by atoms with Gasteiger partial charge in [0.2, 0.25) is 0 Å². The fraction of sp³-hybridized carbons (Fsp3) is 0.364. The fourth-order valence-corrected chi connectivity index (χ4v) is 1.07. The molecule has 15 heavy (non-hydrogen) atoms. The van der Waals surface area contributed by atoms with Crippen LogP contribution in [0.3, 0.4) is 0 Å². The van der Waals surface area contributed by atoms with Crippen LogP contribution >= 0.6 is 0 Å².